The highest BCUT2D eigenvalue weighted by Gasteiger charge is 2.32. The fourth-order valence-corrected chi connectivity index (χ4v) is 3.26. The van der Waals surface area contributed by atoms with Crippen molar-refractivity contribution in [2.75, 3.05) is 29.7 Å². The van der Waals surface area contributed by atoms with Crippen molar-refractivity contribution in [3.8, 4) is 5.75 Å². The minimum atomic E-state index is -0.929. The van der Waals surface area contributed by atoms with Crippen LogP contribution in [0, 0.1) is 0 Å². The molecule has 11 nitrogen and oxygen atoms in total. The maximum Gasteiger partial charge on any atom is 0.291 e. The number of hydrogen-bond donors (Lipinski definition) is 4. The zero-order valence-corrected chi connectivity index (χ0v) is 16.8. The molecule has 0 radical (unpaired) electrons. The van der Waals surface area contributed by atoms with E-state index in [9.17, 15) is 9.59 Å². The van der Waals surface area contributed by atoms with Crippen LogP contribution in [0.2, 0.25) is 0 Å². The van der Waals surface area contributed by atoms with Crippen molar-refractivity contribution in [2.45, 2.75) is 12.6 Å². The van der Waals surface area contributed by atoms with E-state index in [-0.39, 0.29) is 18.3 Å². The molecule has 0 bridgehead atoms. The largest absolute Gasteiger partial charge is 0.489 e. The van der Waals surface area contributed by atoms with Gasteiger partial charge in [-0.15, -0.1) is 5.10 Å². The van der Waals surface area contributed by atoms with Gasteiger partial charge in [0.15, 0.2) is 0 Å². The maximum absolute atomic E-state index is 12.9. The third-order valence-corrected chi connectivity index (χ3v) is 4.91. The Bertz CT molecular complexity index is 1110. The van der Waals surface area contributed by atoms with Gasteiger partial charge in [0.2, 0.25) is 5.82 Å². The molecule has 1 aliphatic rings. The summed E-state index contributed by atoms with van der Waals surface area (Å²) < 4.78 is 7.30. The van der Waals surface area contributed by atoms with Gasteiger partial charge in [-0.1, -0.05) is 30.3 Å². The molecule has 3 aromatic rings. The van der Waals surface area contributed by atoms with Crippen LogP contribution in [0.25, 0.3) is 0 Å². The van der Waals surface area contributed by atoms with Crippen molar-refractivity contribution < 1.29 is 14.3 Å². The molecule has 11 heteroatoms. The number of rotatable bonds is 5. The van der Waals surface area contributed by atoms with Crippen LogP contribution in [0.15, 0.2) is 48.8 Å². The van der Waals surface area contributed by atoms with Gasteiger partial charge in [-0.3, -0.25) is 15.4 Å². The summed E-state index contributed by atoms with van der Waals surface area (Å²) in [6, 6.07) is 11.9. The molecule has 2 amide bonds. The lowest BCUT2D eigenvalue weighted by molar-refractivity contribution is -0.120. The normalized spacial score (nSPS) is 15.6. The molecule has 6 N–H and O–H groups in total. The number of amides is 2. The van der Waals surface area contributed by atoms with Crippen LogP contribution < -0.4 is 32.0 Å². The Kier molecular flexibility index (Phi) is 5.41. The Hall–Kier alpha value is -4.12. The summed E-state index contributed by atoms with van der Waals surface area (Å²) in [5.74, 6) is 4.91. The van der Waals surface area contributed by atoms with Crippen molar-refractivity contribution in [2.24, 2.45) is 5.84 Å². The summed E-state index contributed by atoms with van der Waals surface area (Å²) in [5.41, 5.74) is 10.7. The average molecular weight is 422 g/mol. The van der Waals surface area contributed by atoms with Crippen molar-refractivity contribution in [1.29, 1.82) is 0 Å². The molecule has 1 aliphatic heterocycles. The van der Waals surface area contributed by atoms with Crippen LogP contribution in [0.5, 0.6) is 5.75 Å². The number of nitrogen functional groups attached to an aromatic ring is 2. The van der Waals surface area contributed by atoms with E-state index >= 15 is 0 Å². The number of carbonyl (C=O) groups excluding carboxylic acids is 2. The molecule has 0 fully saturated rings. The number of hydrogen-bond acceptors (Lipinski definition) is 8. The van der Waals surface area contributed by atoms with Crippen molar-refractivity contribution in [3.05, 3.63) is 60.2 Å². The van der Waals surface area contributed by atoms with Crippen molar-refractivity contribution in [1.82, 2.24) is 20.1 Å². The molecule has 2 heterocycles. The molecular weight excluding hydrogens is 400 g/mol. The number of carbonyl (C=O) groups is 2. The third kappa shape index (κ3) is 4.12. The zero-order chi connectivity index (χ0) is 22.0. The lowest BCUT2D eigenvalue weighted by Gasteiger charge is -2.20. The summed E-state index contributed by atoms with van der Waals surface area (Å²) in [6.07, 6.45) is 1.47. The van der Waals surface area contributed by atoms with E-state index in [0.717, 1.165) is 5.56 Å². The Morgan fingerprint density at radius 1 is 1.29 bits per heavy atom. The third-order valence-electron chi connectivity index (χ3n) is 4.91. The molecule has 0 aliphatic carbocycles. The molecule has 1 aromatic heterocycles. The lowest BCUT2D eigenvalue weighted by Crippen LogP contribution is -2.49. The average Bonchev–Trinajstić information content (AvgIpc) is 3.21. The standard InChI is InChI=1S/C20H22N8O3/c1-27-16-7-13(21)14(25-22)8-17(16)31-10-15(20(27)30)24-19(29)18-23-11-28(26-18)9-12-5-3-2-4-6-12/h2-8,11,15,25H,9-10,21-22H2,1H3,(H,24,29). The molecule has 160 valence electrons. The van der Waals surface area contributed by atoms with Gasteiger partial charge in [0, 0.05) is 13.1 Å². The quantitative estimate of drug-likeness (QED) is 0.261. The summed E-state index contributed by atoms with van der Waals surface area (Å²) in [6.45, 7) is 0.407. The van der Waals surface area contributed by atoms with E-state index < -0.39 is 11.9 Å². The second-order valence-corrected chi connectivity index (χ2v) is 7.04. The van der Waals surface area contributed by atoms with Gasteiger partial charge < -0.3 is 26.1 Å². The highest BCUT2D eigenvalue weighted by molar-refractivity contribution is 6.03. The number of anilines is 3. The number of nitrogens with two attached hydrogens (primary N) is 2. The van der Waals surface area contributed by atoms with E-state index in [2.05, 4.69) is 20.8 Å². The zero-order valence-electron chi connectivity index (χ0n) is 16.8. The Morgan fingerprint density at radius 2 is 2.06 bits per heavy atom. The summed E-state index contributed by atoms with van der Waals surface area (Å²) in [5, 5.41) is 6.85. The number of nitrogens with zero attached hydrogens (tertiary/aromatic N) is 4. The molecule has 31 heavy (non-hydrogen) atoms. The van der Waals surface area contributed by atoms with E-state index in [0.29, 0.717) is 29.4 Å². The summed E-state index contributed by atoms with van der Waals surface area (Å²) >= 11 is 0. The molecule has 0 saturated heterocycles. The fourth-order valence-electron chi connectivity index (χ4n) is 3.26. The van der Waals surface area contributed by atoms with Crippen LogP contribution in [0.4, 0.5) is 17.1 Å². The van der Waals surface area contributed by atoms with Gasteiger partial charge >= 0.3 is 0 Å². The Balaban J connectivity index is 1.47. The highest BCUT2D eigenvalue weighted by atomic mass is 16.5. The topological polar surface area (TPSA) is 153 Å². The molecule has 0 saturated carbocycles. The number of benzene rings is 2. The first-order chi connectivity index (χ1) is 15.0. The molecular formula is C20H22N8O3. The minimum Gasteiger partial charge on any atom is -0.489 e. The van der Waals surface area contributed by atoms with Crippen LogP contribution in [0.1, 0.15) is 16.2 Å². The van der Waals surface area contributed by atoms with E-state index in [1.807, 2.05) is 30.3 Å². The number of aromatic nitrogens is 3. The van der Waals surface area contributed by atoms with E-state index in [1.54, 1.807) is 23.9 Å². The predicted molar refractivity (Wildman–Crippen MR) is 114 cm³/mol. The second kappa shape index (κ2) is 8.32. The first kappa shape index (κ1) is 20.2. The Labute approximate surface area is 178 Å². The second-order valence-electron chi connectivity index (χ2n) is 7.04. The highest BCUT2D eigenvalue weighted by Crippen LogP contribution is 2.36. The summed E-state index contributed by atoms with van der Waals surface area (Å²) in [4.78, 5) is 31.0. The fraction of sp³-hybridized carbons (Fsp3) is 0.200. The predicted octanol–water partition coefficient (Wildman–Crippen LogP) is 0.348. The van der Waals surface area contributed by atoms with Crippen molar-refractivity contribution >= 4 is 28.9 Å². The van der Waals surface area contributed by atoms with Gasteiger partial charge in [-0.05, 0) is 11.6 Å². The van der Waals surface area contributed by atoms with Gasteiger partial charge in [0.1, 0.15) is 24.7 Å². The first-order valence-corrected chi connectivity index (χ1v) is 9.51. The molecule has 1 atom stereocenters. The number of nitrogens with one attached hydrogen (secondary N) is 2. The van der Waals surface area contributed by atoms with Gasteiger partial charge in [0.05, 0.1) is 23.6 Å². The molecule has 4 rings (SSSR count). The first-order valence-electron chi connectivity index (χ1n) is 9.51. The lowest BCUT2D eigenvalue weighted by atomic mass is 10.2. The van der Waals surface area contributed by atoms with Gasteiger partial charge in [-0.2, -0.15) is 0 Å². The number of likely N-dealkylation sites (N-methyl/N-ethyl adjacent to an activating group) is 1. The SMILES string of the molecule is CN1C(=O)C(NC(=O)c2ncn(Cc3ccccc3)n2)COc2cc(NN)c(N)cc21. The summed E-state index contributed by atoms with van der Waals surface area (Å²) in [7, 11) is 1.58. The smallest absolute Gasteiger partial charge is 0.291 e. The van der Waals surface area contributed by atoms with E-state index in [1.165, 1.54) is 11.2 Å². The van der Waals surface area contributed by atoms with Crippen LogP contribution in [-0.2, 0) is 11.3 Å². The number of fused-ring (bicyclic) bond motifs is 1. The molecule has 2 aromatic carbocycles. The van der Waals surface area contributed by atoms with Crippen LogP contribution in [-0.4, -0.2) is 46.3 Å². The minimum absolute atomic E-state index is 0.0352. The number of ether oxygens (including phenoxy) is 1. The van der Waals surface area contributed by atoms with Gasteiger partial charge in [-0.25, -0.2) is 9.67 Å². The van der Waals surface area contributed by atoms with Gasteiger partial charge in [0.25, 0.3) is 11.8 Å². The van der Waals surface area contributed by atoms with E-state index in [4.69, 9.17) is 16.3 Å². The molecule has 0 spiro atoms. The Morgan fingerprint density at radius 3 is 2.81 bits per heavy atom. The molecule has 1 unspecified atom stereocenters. The maximum atomic E-state index is 12.9. The number of hydrazine groups is 1. The van der Waals surface area contributed by atoms with Crippen LogP contribution in [0.3, 0.4) is 0 Å². The van der Waals surface area contributed by atoms with Crippen molar-refractivity contribution in [3.63, 3.8) is 0 Å². The van der Waals surface area contributed by atoms with Crippen LogP contribution >= 0.6 is 0 Å². The monoisotopic (exact) mass is 422 g/mol.